The van der Waals surface area contributed by atoms with Gasteiger partial charge in [-0.05, 0) is 12.1 Å². The number of rotatable bonds is 7. The van der Waals surface area contributed by atoms with E-state index in [-0.39, 0.29) is 0 Å². The third-order valence-corrected chi connectivity index (χ3v) is 2.99. The van der Waals surface area contributed by atoms with Crippen LogP contribution in [0.1, 0.15) is 0 Å². The molecule has 0 saturated carbocycles. The minimum absolute atomic E-state index is 0.539. The fourth-order valence-electron chi connectivity index (χ4n) is 1.92. The summed E-state index contributed by atoms with van der Waals surface area (Å²) in [5, 5.41) is 3.22. The van der Waals surface area contributed by atoms with Crippen molar-refractivity contribution in [2.45, 2.75) is 0 Å². The van der Waals surface area contributed by atoms with Crippen LogP contribution in [0.5, 0.6) is 17.2 Å². The first kappa shape index (κ1) is 14.8. The van der Waals surface area contributed by atoms with Gasteiger partial charge in [-0.3, -0.25) is 0 Å². The summed E-state index contributed by atoms with van der Waals surface area (Å²) in [5.41, 5.74) is 7.37. The van der Waals surface area contributed by atoms with E-state index in [4.69, 9.17) is 19.9 Å². The van der Waals surface area contributed by atoms with Crippen molar-refractivity contribution in [1.82, 2.24) is 0 Å². The highest BCUT2D eigenvalue weighted by molar-refractivity contribution is 5.72. The summed E-state index contributed by atoms with van der Waals surface area (Å²) in [5.74, 6) is 2.10. The van der Waals surface area contributed by atoms with Crippen LogP contribution >= 0.6 is 0 Å². The second kappa shape index (κ2) is 7.28. The van der Waals surface area contributed by atoms with E-state index in [1.54, 1.807) is 20.3 Å². The van der Waals surface area contributed by atoms with Gasteiger partial charge in [-0.15, -0.1) is 0 Å². The van der Waals surface area contributed by atoms with Crippen LogP contribution in [0, 0.1) is 0 Å². The standard InChI is InChI=1S/C16H20N2O3/c1-19-15-10-13(17)14(11-16(15)20-2)18-8-9-21-12-6-4-3-5-7-12/h3-7,10-11,18H,8-9,17H2,1-2H3. The fourth-order valence-corrected chi connectivity index (χ4v) is 1.92. The summed E-state index contributed by atoms with van der Waals surface area (Å²) in [7, 11) is 3.18. The van der Waals surface area contributed by atoms with E-state index in [0.29, 0.717) is 30.3 Å². The Balaban J connectivity index is 1.91. The molecule has 5 heteroatoms. The van der Waals surface area contributed by atoms with Gasteiger partial charge in [-0.1, -0.05) is 18.2 Å². The SMILES string of the molecule is COc1cc(N)c(NCCOc2ccccc2)cc1OC. The molecule has 2 aromatic rings. The fraction of sp³-hybridized carbons (Fsp3) is 0.250. The molecule has 0 aliphatic carbocycles. The summed E-state index contributed by atoms with van der Waals surface area (Å²) in [6.07, 6.45) is 0. The zero-order valence-electron chi connectivity index (χ0n) is 12.3. The van der Waals surface area contributed by atoms with E-state index in [1.807, 2.05) is 36.4 Å². The van der Waals surface area contributed by atoms with Crippen molar-refractivity contribution in [3.05, 3.63) is 42.5 Å². The predicted octanol–water partition coefficient (Wildman–Crippen LogP) is 2.78. The first-order valence-electron chi connectivity index (χ1n) is 6.68. The van der Waals surface area contributed by atoms with Crippen LogP contribution in [0.2, 0.25) is 0 Å². The second-order valence-electron chi connectivity index (χ2n) is 4.38. The molecule has 5 nitrogen and oxygen atoms in total. The normalized spacial score (nSPS) is 10.0. The molecule has 0 radical (unpaired) electrons. The molecule has 0 bridgehead atoms. The van der Waals surface area contributed by atoms with Gasteiger partial charge in [0.25, 0.3) is 0 Å². The Labute approximate surface area is 124 Å². The lowest BCUT2D eigenvalue weighted by molar-refractivity contribution is 0.333. The Morgan fingerprint density at radius 2 is 1.67 bits per heavy atom. The molecule has 0 aliphatic heterocycles. The van der Waals surface area contributed by atoms with Crippen molar-refractivity contribution in [2.24, 2.45) is 0 Å². The molecule has 2 aromatic carbocycles. The molecule has 0 saturated heterocycles. The van der Waals surface area contributed by atoms with E-state index in [2.05, 4.69) is 5.32 Å². The number of anilines is 2. The average Bonchev–Trinajstić information content (AvgIpc) is 2.53. The number of benzene rings is 2. The number of hydrogen-bond donors (Lipinski definition) is 2. The van der Waals surface area contributed by atoms with E-state index in [9.17, 15) is 0 Å². The van der Waals surface area contributed by atoms with Gasteiger partial charge in [0.15, 0.2) is 11.5 Å². The lowest BCUT2D eigenvalue weighted by Gasteiger charge is -2.14. The number of para-hydroxylation sites is 1. The van der Waals surface area contributed by atoms with Crippen molar-refractivity contribution in [3.8, 4) is 17.2 Å². The highest BCUT2D eigenvalue weighted by atomic mass is 16.5. The van der Waals surface area contributed by atoms with Gasteiger partial charge < -0.3 is 25.3 Å². The van der Waals surface area contributed by atoms with Gasteiger partial charge in [0.05, 0.1) is 25.6 Å². The summed E-state index contributed by atoms with van der Waals surface area (Å²) < 4.78 is 16.1. The Hall–Kier alpha value is -2.56. The zero-order chi connectivity index (χ0) is 15.1. The molecule has 0 atom stereocenters. The van der Waals surface area contributed by atoms with Crippen LogP contribution in [-0.2, 0) is 0 Å². The van der Waals surface area contributed by atoms with Gasteiger partial charge in [-0.2, -0.15) is 0 Å². The molecular weight excluding hydrogens is 268 g/mol. The molecular formula is C16H20N2O3. The number of methoxy groups -OCH3 is 2. The number of ether oxygens (including phenoxy) is 3. The first-order chi connectivity index (χ1) is 10.2. The summed E-state index contributed by atoms with van der Waals surface area (Å²) in [6.45, 7) is 1.17. The Kier molecular flexibility index (Phi) is 5.15. The molecule has 21 heavy (non-hydrogen) atoms. The zero-order valence-corrected chi connectivity index (χ0v) is 12.3. The van der Waals surface area contributed by atoms with Gasteiger partial charge in [0.2, 0.25) is 0 Å². The van der Waals surface area contributed by atoms with Crippen molar-refractivity contribution >= 4 is 11.4 Å². The molecule has 2 rings (SSSR count). The molecule has 0 fully saturated rings. The summed E-state index contributed by atoms with van der Waals surface area (Å²) >= 11 is 0. The maximum Gasteiger partial charge on any atom is 0.162 e. The van der Waals surface area contributed by atoms with Crippen LogP contribution in [0.3, 0.4) is 0 Å². The van der Waals surface area contributed by atoms with E-state index < -0.39 is 0 Å². The third kappa shape index (κ3) is 3.95. The van der Waals surface area contributed by atoms with Crippen LogP contribution in [0.15, 0.2) is 42.5 Å². The second-order valence-corrected chi connectivity index (χ2v) is 4.38. The molecule has 0 unspecified atom stereocenters. The van der Waals surface area contributed by atoms with Crippen LogP contribution in [0.4, 0.5) is 11.4 Å². The Morgan fingerprint density at radius 1 is 1.00 bits per heavy atom. The van der Waals surface area contributed by atoms with Gasteiger partial charge in [0, 0.05) is 18.7 Å². The summed E-state index contributed by atoms with van der Waals surface area (Å²) in [6, 6.07) is 13.2. The van der Waals surface area contributed by atoms with Gasteiger partial charge in [-0.25, -0.2) is 0 Å². The van der Waals surface area contributed by atoms with Crippen LogP contribution < -0.4 is 25.3 Å². The van der Waals surface area contributed by atoms with E-state index in [0.717, 1.165) is 11.4 Å². The maximum absolute atomic E-state index is 5.98. The predicted molar refractivity (Wildman–Crippen MR) is 84.4 cm³/mol. The van der Waals surface area contributed by atoms with Gasteiger partial charge in [0.1, 0.15) is 12.4 Å². The number of nitrogens with two attached hydrogens (primary N) is 1. The highest BCUT2D eigenvalue weighted by Gasteiger charge is 2.08. The van der Waals surface area contributed by atoms with Crippen molar-refractivity contribution in [3.63, 3.8) is 0 Å². The average molecular weight is 288 g/mol. The minimum Gasteiger partial charge on any atom is -0.493 e. The number of nitrogen functional groups attached to an aromatic ring is 1. The molecule has 112 valence electrons. The minimum atomic E-state index is 0.539. The Bertz CT molecular complexity index is 573. The first-order valence-corrected chi connectivity index (χ1v) is 6.68. The third-order valence-electron chi connectivity index (χ3n) is 2.99. The molecule has 0 spiro atoms. The van der Waals surface area contributed by atoms with E-state index in [1.165, 1.54) is 0 Å². The Morgan fingerprint density at radius 3 is 2.33 bits per heavy atom. The number of hydrogen-bond acceptors (Lipinski definition) is 5. The molecule has 0 aromatic heterocycles. The largest absolute Gasteiger partial charge is 0.493 e. The smallest absolute Gasteiger partial charge is 0.162 e. The maximum atomic E-state index is 5.98. The van der Waals surface area contributed by atoms with Crippen molar-refractivity contribution in [2.75, 3.05) is 38.4 Å². The van der Waals surface area contributed by atoms with Crippen molar-refractivity contribution in [1.29, 1.82) is 0 Å². The van der Waals surface area contributed by atoms with E-state index >= 15 is 0 Å². The highest BCUT2D eigenvalue weighted by Crippen LogP contribution is 2.34. The quantitative estimate of drug-likeness (QED) is 0.606. The van der Waals surface area contributed by atoms with Crippen molar-refractivity contribution < 1.29 is 14.2 Å². The molecule has 0 heterocycles. The lowest BCUT2D eigenvalue weighted by Crippen LogP contribution is -2.12. The summed E-state index contributed by atoms with van der Waals surface area (Å²) in [4.78, 5) is 0. The molecule has 0 amide bonds. The van der Waals surface area contributed by atoms with Crippen LogP contribution in [-0.4, -0.2) is 27.4 Å². The molecule has 0 aliphatic rings. The number of nitrogens with one attached hydrogen (secondary N) is 1. The molecule has 3 N–H and O–H groups in total. The van der Waals surface area contributed by atoms with Crippen LogP contribution in [0.25, 0.3) is 0 Å². The lowest BCUT2D eigenvalue weighted by atomic mass is 10.2. The van der Waals surface area contributed by atoms with Gasteiger partial charge >= 0.3 is 0 Å². The monoisotopic (exact) mass is 288 g/mol. The topological polar surface area (TPSA) is 65.7 Å².